The third kappa shape index (κ3) is 3.97. The summed E-state index contributed by atoms with van der Waals surface area (Å²) in [4.78, 5) is 19.2. The van der Waals surface area contributed by atoms with Crippen LogP contribution < -0.4 is 19.4 Å². The highest BCUT2D eigenvalue weighted by Crippen LogP contribution is 2.32. The van der Waals surface area contributed by atoms with Gasteiger partial charge in [-0.25, -0.2) is 4.98 Å². The van der Waals surface area contributed by atoms with E-state index < -0.39 is 11.7 Å². The van der Waals surface area contributed by atoms with E-state index in [1.807, 2.05) is 4.90 Å². The topological polar surface area (TPSA) is 56.2 Å². The van der Waals surface area contributed by atoms with E-state index in [2.05, 4.69) is 4.98 Å². The van der Waals surface area contributed by atoms with Gasteiger partial charge in [-0.1, -0.05) is 6.07 Å². The lowest BCUT2D eigenvalue weighted by Crippen LogP contribution is -2.50. The highest BCUT2D eigenvalue weighted by atomic mass is 19.4. The van der Waals surface area contributed by atoms with E-state index in [-0.39, 0.29) is 5.91 Å². The number of amides is 1. The number of methoxy groups -OCH3 is 2. The van der Waals surface area contributed by atoms with Crippen LogP contribution in [0.15, 0.2) is 36.5 Å². The predicted molar refractivity (Wildman–Crippen MR) is 95.7 cm³/mol. The molecule has 0 bridgehead atoms. The summed E-state index contributed by atoms with van der Waals surface area (Å²) < 4.78 is 48.6. The molecule has 1 amide bonds. The number of para-hydroxylation sites is 1. The Hall–Kier alpha value is -2.97. The molecule has 1 aliphatic rings. The molecule has 1 aromatic carbocycles. The van der Waals surface area contributed by atoms with Crippen molar-refractivity contribution in [3.05, 3.63) is 47.7 Å². The molecule has 28 heavy (non-hydrogen) atoms. The van der Waals surface area contributed by atoms with Gasteiger partial charge in [0.1, 0.15) is 19.3 Å². The number of hydrogen-bond acceptors (Lipinski definition) is 4. The van der Waals surface area contributed by atoms with E-state index in [9.17, 15) is 18.0 Å². The third-order valence-electron chi connectivity index (χ3n) is 4.66. The monoisotopic (exact) mass is 396 g/mol. The summed E-state index contributed by atoms with van der Waals surface area (Å²) in [5.41, 5.74) is -0.313. The minimum absolute atomic E-state index is 0.174. The molecule has 0 saturated carbocycles. The molecule has 150 valence electrons. The van der Waals surface area contributed by atoms with Crippen molar-refractivity contribution in [1.82, 2.24) is 4.90 Å². The number of pyridine rings is 1. The van der Waals surface area contributed by atoms with Gasteiger partial charge in [-0.3, -0.25) is 9.69 Å². The summed E-state index contributed by atoms with van der Waals surface area (Å²) in [5.74, 6) is 1.27. The first-order valence-electron chi connectivity index (χ1n) is 8.69. The first kappa shape index (κ1) is 19.8. The number of halogens is 3. The number of piperazine rings is 1. The van der Waals surface area contributed by atoms with Crippen molar-refractivity contribution in [3.8, 4) is 11.5 Å². The number of rotatable bonds is 4. The summed E-state index contributed by atoms with van der Waals surface area (Å²) >= 11 is 0. The van der Waals surface area contributed by atoms with Crippen molar-refractivity contribution in [2.24, 2.45) is 0 Å². The Morgan fingerprint density at radius 2 is 1.75 bits per heavy atom. The number of ether oxygens (including phenoxy) is 2. The molecule has 0 spiro atoms. The summed E-state index contributed by atoms with van der Waals surface area (Å²) in [5, 5.41) is 0. The first-order chi connectivity index (χ1) is 13.3. The zero-order valence-corrected chi connectivity index (χ0v) is 15.5. The van der Waals surface area contributed by atoms with Crippen molar-refractivity contribution >= 4 is 11.7 Å². The van der Waals surface area contributed by atoms with Crippen LogP contribution in [0.25, 0.3) is 0 Å². The number of nitrogens with zero attached hydrogens (tertiary/aromatic N) is 2. The van der Waals surface area contributed by atoms with Crippen molar-refractivity contribution in [2.45, 2.75) is 6.18 Å². The maximum absolute atomic E-state index is 12.9. The number of benzene rings is 1. The molecular formula is C19H21F3N3O3+. The Morgan fingerprint density at radius 3 is 2.29 bits per heavy atom. The minimum Gasteiger partial charge on any atom is -0.493 e. The number of anilines is 1. The van der Waals surface area contributed by atoms with Gasteiger partial charge in [0, 0.05) is 6.07 Å². The standard InChI is InChI=1S/C19H20F3N3O3/c1-27-15-5-3-4-14(17(15)28-2)18(26)25-10-8-24(9-11-25)16-7-6-13(12-23-16)19(20,21)22/h3-7,12H,8-11H2,1-2H3/p+1. The van der Waals surface area contributed by atoms with E-state index in [1.54, 1.807) is 23.1 Å². The highest BCUT2D eigenvalue weighted by Gasteiger charge is 2.33. The van der Waals surface area contributed by atoms with Gasteiger partial charge < -0.3 is 14.4 Å². The zero-order chi connectivity index (χ0) is 20.3. The summed E-state index contributed by atoms with van der Waals surface area (Å²) in [6, 6.07) is 7.57. The van der Waals surface area contributed by atoms with Crippen LogP contribution >= 0.6 is 0 Å². The second-order valence-electron chi connectivity index (χ2n) is 6.28. The van der Waals surface area contributed by atoms with Crippen molar-refractivity contribution in [1.29, 1.82) is 0 Å². The largest absolute Gasteiger partial charge is 0.493 e. The van der Waals surface area contributed by atoms with E-state index in [4.69, 9.17) is 9.47 Å². The summed E-state index contributed by atoms with van der Waals surface area (Å²) in [6.45, 7) is 1.88. The Labute approximate surface area is 160 Å². The molecule has 0 aliphatic carbocycles. The molecule has 0 atom stereocenters. The smallest absolute Gasteiger partial charge is 0.419 e. The highest BCUT2D eigenvalue weighted by molar-refractivity contribution is 5.98. The first-order valence-corrected chi connectivity index (χ1v) is 8.69. The second-order valence-corrected chi connectivity index (χ2v) is 6.28. The number of aromatic nitrogens is 1. The van der Waals surface area contributed by atoms with Crippen LogP contribution in [0, 0.1) is 0 Å². The molecule has 1 N–H and O–H groups in total. The predicted octanol–water partition coefficient (Wildman–Crippen LogP) is 2.50. The number of hydrogen-bond donors (Lipinski definition) is 0. The van der Waals surface area contributed by atoms with Gasteiger partial charge in [-0.05, 0) is 18.2 Å². The minimum atomic E-state index is -4.38. The van der Waals surface area contributed by atoms with E-state index in [0.29, 0.717) is 49.1 Å². The zero-order valence-electron chi connectivity index (χ0n) is 15.5. The number of H-pyrrole nitrogens is 1. The fraction of sp³-hybridized carbons (Fsp3) is 0.368. The fourth-order valence-corrected chi connectivity index (χ4v) is 3.17. The van der Waals surface area contributed by atoms with Crippen LogP contribution in [0.5, 0.6) is 11.5 Å². The molecule has 2 heterocycles. The maximum Gasteiger partial charge on any atom is 0.419 e. The van der Waals surface area contributed by atoms with Crippen molar-refractivity contribution < 1.29 is 32.4 Å². The lowest BCUT2D eigenvalue weighted by atomic mass is 10.1. The maximum atomic E-state index is 12.9. The third-order valence-corrected chi connectivity index (χ3v) is 4.66. The van der Waals surface area contributed by atoms with Crippen LogP contribution in [0.3, 0.4) is 0 Å². The second kappa shape index (κ2) is 7.95. The number of carbonyl (C=O) groups excluding carboxylic acids is 1. The lowest BCUT2D eigenvalue weighted by molar-refractivity contribution is -0.367. The van der Waals surface area contributed by atoms with E-state index >= 15 is 0 Å². The van der Waals surface area contributed by atoms with Crippen molar-refractivity contribution in [3.63, 3.8) is 0 Å². The molecular weight excluding hydrogens is 375 g/mol. The molecule has 3 rings (SSSR count). The molecule has 2 aromatic rings. The average molecular weight is 396 g/mol. The van der Waals surface area contributed by atoms with Crippen LogP contribution in [0.4, 0.5) is 19.0 Å². The molecule has 9 heteroatoms. The summed E-state index contributed by atoms with van der Waals surface area (Å²) in [6.07, 6.45) is -3.43. The van der Waals surface area contributed by atoms with Gasteiger partial charge in [0.2, 0.25) is 0 Å². The quantitative estimate of drug-likeness (QED) is 0.797. The Bertz CT molecular complexity index is 833. The van der Waals surface area contributed by atoms with E-state index in [1.165, 1.54) is 20.3 Å². The van der Waals surface area contributed by atoms with Gasteiger partial charge in [-0.15, -0.1) is 0 Å². The van der Waals surface area contributed by atoms with Crippen LogP contribution in [-0.2, 0) is 6.18 Å². The fourth-order valence-electron chi connectivity index (χ4n) is 3.17. The summed E-state index contributed by atoms with van der Waals surface area (Å²) in [7, 11) is 2.98. The number of carbonyl (C=O) groups is 1. The van der Waals surface area contributed by atoms with E-state index in [0.717, 1.165) is 12.3 Å². The van der Waals surface area contributed by atoms with Gasteiger partial charge in [0.25, 0.3) is 11.7 Å². The number of nitrogens with one attached hydrogen (secondary N) is 1. The Morgan fingerprint density at radius 1 is 1.04 bits per heavy atom. The van der Waals surface area contributed by atoms with Crippen LogP contribution in [0.2, 0.25) is 0 Å². The van der Waals surface area contributed by atoms with Crippen LogP contribution in [-0.4, -0.2) is 51.2 Å². The molecule has 6 nitrogen and oxygen atoms in total. The van der Waals surface area contributed by atoms with Gasteiger partial charge in [0.05, 0.1) is 38.4 Å². The van der Waals surface area contributed by atoms with Gasteiger partial charge in [0.15, 0.2) is 11.5 Å². The molecule has 0 unspecified atom stereocenters. The average Bonchev–Trinajstić information content (AvgIpc) is 2.72. The van der Waals surface area contributed by atoms with Gasteiger partial charge in [-0.2, -0.15) is 13.2 Å². The molecule has 1 aromatic heterocycles. The normalized spacial score (nSPS) is 14.8. The number of aromatic amines is 1. The molecule has 1 saturated heterocycles. The van der Waals surface area contributed by atoms with Gasteiger partial charge >= 0.3 is 6.18 Å². The SMILES string of the molecule is COc1cccc(C(=O)N2CCN(c3ccc(C(F)(F)F)c[nH+]3)CC2)c1OC. The Balaban J connectivity index is 1.68. The molecule has 1 aliphatic heterocycles. The molecule has 1 fully saturated rings. The lowest BCUT2D eigenvalue weighted by Gasteiger charge is -2.31. The van der Waals surface area contributed by atoms with Crippen molar-refractivity contribution in [2.75, 3.05) is 45.3 Å². The Kier molecular flexibility index (Phi) is 5.62. The van der Waals surface area contributed by atoms with Crippen LogP contribution in [0.1, 0.15) is 15.9 Å². The number of alkyl halides is 3. The molecule has 0 radical (unpaired) electrons.